The third-order valence-corrected chi connectivity index (χ3v) is 4.01. The third kappa shape index (κ3) is 2.73. The zero-order valence-electron chi connectivity index (χ0n) is 9.78. The highest BCUT2D eigenvalue weighted by atomic mass is 32.2. The van der Waals surface area contributed by atoms with E-state index in [1.54, 1.807) is 30.5 Å². The van der Waals surface area contributed by atoms with Crippen LogP contribution in [0.4, 0.5) is 5.82 Å². The number of benzene rings is 1. The van der Waals surface area contributed by atoms with Gasteiger partial charge in [-0.3, -0.25) is 0 Å². The maximum absolute atomic E-state index is 12.4. The highest BCUT2D eigenvalue weighted by molar-refractivity contribution is 7.93. The minimum Gasteiger partial charge on any atom is -0.245 e. The summed E-state index contributed by atoms with van der Waals surface area (Å²) >= 11 is 0. The molecule has 0 aliphatic heterocycles. The first kappa shape index (κ1) is 12.3. The standard InChI is InChI=1S/C13H11N3OS/c1-18(17,12-5-3-2-4-6-12)16-13-8-7-11(9-14)10-15-13/h2-8,10H,1H3/t18-/m1/s1. The van der Waals surface area contributed by atoms with Crippen molar-refractivity contribution in [3.05, 3.63) is 54.2 Å². The van der Waals surface area contributed by atoms with Crippen molar-refractivity contribution in [1.29, 1.82) is 5.26 Å². The van der Waals surface area contributed by atoms with Gasteiger partial charge in [-0.05, 0) is 24.3 Å². The Morgan fingerprint density at radius 2 is 1.94 bits per heavy atom. The van der Waals surface area contributed by atoms with Gasteiger partial charge >= 0.3 is 0 Å². The lowest BCUT2D eigenvalue weighted by molar-refractivity contribution is 0.680. The van der Waals surface area contributed by atoms with Crippen molar-refractivity contribution in [1.82, 2.24) is 4.98 Å². The fraction of sp³-hybridized carbons (Fsp3) is 0.0769. The molecule has 5 heteroatoms. The van der Waals surface area contributed by atoms with Gasteiger partial charge in [-0.2, -0.15) is 9.62 Å². The fourth-order valence-electron chi connectivity index (χ4n) is 1.41. The summed E-state index contributed by atoms with van der Waals surface area (Å²) in [5.74, 6) is 0.366. The van der Waals surface area contributed by atoms with Gasteiger partial charge in [0, 0.05) is 17.3 Å². The van der Waals surface area contributed by atoms with Gasteiger partial charge in [0.05, 0.1) is 15.3 Å². The number of pyridine rings is 1. The van der Waals surface area contributed by atoms with Crippen LogP contribution in [-0.2, 0) is 9.73 Å². The van der Waals surface area contributed by atoms with Gasteiger partial charge in [-0.1, -0.05) is 18.2 Å². The van der Waals surface area contributed by atoms with Gasteiger partial charge < -0.3 is 0 Å². The molecule has 1 heterocycles. The Hall–Kier alpha value is -2.19. The number of hydrogen-bond donors (Lipinski definition) is 0. The number of nitrogens with zero attached hydrogens (tertiary/aromatic N) is 3. The van der Waals surface area contributed by atoms with Gasteiger partial charge in [0.2, 0.25) is 0 Å². The van der Waals surface area contributed by atoms with Crippen LogP contribution in [0.1, 0.15) is 5.56 Å². The lowest BCUT2D eigenvalue weighted by atomic mass is 10.3. The highest BCUT2D eigenvalue weighted by Gasteiger charge is 2.05. The normalized spacial score (nSPS) is 13.3. The van der Waals surface area contributed by atoms with Crippen molar-refractivity contribution in [2.75, 3.05) is 6.26 Å². The van der Waals surface area contributed by atoms with E-state index in [4.69, 9.17) is 5.26 Å². The van der Waals surface area contributed by atoms with Crippen LogP contribution in [0.2, 0.25) is 0 Å². The zero-order valence-corrected chi connectivity index (χ0v) is 10.6. The van der Waals surface area contributed by atoms with Gasteiger partial charge in [-0.25, -0.2) is 9.19 Å². The van der Waals surface area contributed by atoms with Crippen LogP contribution in [0.5, 0.6) is 0 Å². The molecule has 1 aromatic heterocycles. The molecule has 0 unspecified atom stereocenters. The van der Waals surface area contributed by atoms with E-state index in [-0.39, 0.29) is 0 Å². The molecule has 90 valence electrons. The molecule has 0 aliphatic carbocycles. The highest BCUT2D eigenvalue weighted by Crippen LogP contribution is 2.17. The Bertz CT molecular complexity index is 693. The minimum absolute atomic E-state index is 0.366. The predicted molar refractivity (Wildman–Crippen MR) is 69.8 cm³/mol. The molecule has 4 nitrogen and oxygen atoms in total. The molecule has 0 N–H and O–H groups in total. The lowest BCUT2D eigenvalue weighted by Gasteiger charge is -2.03. The van der Waals surface area contributed by atoms with Crippen LogP contribution >= 0.6 is 0 Å². The number of hydrogen-bond acceptors (Lipinski definition) is 4. The predicted octanol–water partition coefficient (Wildman–Crippen LogP) is 2.74. The molecule has 1 atom stereocenters. The van der Waals surface area contributed by atoms with Crippen LogP contribution in [0, 0.1) is 11.3 Å². The summed E-state index contributed by atoms with van der Waals surface area (Å²) in [6, 6.07) is 14.2. The second-order valence-corrected chi connectivity index (χ2v) is 5.98. The molecule has 0 aliphatic rings. The van der Waals surface area contributed by atoms with Gasteiger partial charge in [0.25, 0.3) is 0 Å². The molecule has 0 amide bonds. The molecule has 0 bridgehead atoms. The zero-order chi connectivity index (χ0) is 13.0. The van der Waals surface area contributed by atoms with E-state index in [1.807, 2.05) is 24.3 Å². The summed E-state index contributed by atoms with van der Waals surface area (Å²) in [5, 5.41) is 8.66. The summed E-state index contributed by atoms with van der Waals surface area (Å²) in [5.41, 5.74) is 0.455. The fourth-order valence-corrected chi connectivity index (χ4v) is 2.64. The first-order valence-corrected chi connectivity index (χ1v) is 7.17. The minimum atomic E-state index is -2.50. The van der Waals surface area contributed by atoms with Gasteiger partial charge in [-0.15, -0.1) is 0 Å². The molecule has 18 heavy (non-hydrogen) atoms. The molecular formula is C13H11N3OS. The Balaban J connectivity index is 2.44. The number of aromatic nitrogens is 1. The molecule has 0 saturated carbocycles. The summed E-state index contributed by atoms with van der Waals surface area (Å²) in [7, 11) is -2.50. The molecule has 1 aromatic carbocycles. The lowest BCUT2D eigenvalue weighted by Crippen LogP contribution is -1.96. The number of rotatable bonds is 2. The first-order valence-electron chi connectivity index (χ1n) is 5.25. The maximum atomic E-state index is 12.4. The Labute approximate surface area is 106 Å². The Morgan fingerprint density at radius 1 is 1.22 bits per heavy atom. The van der Waals surface area contributed by atoms with Crippen LogP contribution in [-0.4, -0.2) is 15.4 Å². The second-order valence-electron chi connectivity index (χ2n) is 3.72. The Morgan fingerprint density at radius 3 is 2.50 bits per heavy atom. The van der Waals surface area contributed by atoms with E-state index in [9.17, 15) is 4.21 Å². The van der Waals surface area contributed by atoms with E-state index in [2.05, 4.69) is 9.35 Å². The molecule has 2 aromatic rings. The van der Waals surface area contributed by atoms with Crippen molar-refractivity contribution in [2.45, 2.75) is 4.90 Å². The SMILES string of the molecule is C[S@](=O)(=Nc1ccc(C#N)cn1)c1ccccc1. The smallest absolute Gasteiger partial charge is 0.161 e. The largest absolute Gasteiger partial charge is 0.245 e. The second kappa shape index (κ2) is 4.98. The molecule has 2 rings (SSSR count). The van der Waals surface area contributed by atoms with Crippen LogP contribution < -0.4 is 0 Å². The molecule has 0 saturated heterocycles. The van der Waals surface area contributed by atoms with Crippen molar-refractivity contribution < 1.29 is 4.21 Å². The quantitative estimate of drug-likeness (QED) is 0.830. The average molecular weight is 257 g/mol. The van der Waals surface area contributed by atoms with Crippen molar-refractivity contribution in [2.24, 2.45) is 4.36 Å². The Kier molecular flexibility index (Phi) is 3.40. The van der Waals surface area contributed by atoms with Gasteiger partial charge in [0.1, 0.15) is 6.07 Å². The first-order chi connectivity index (χ1) is 8.62. The molecule has 0 radical (unpaired) electrons. The number of nitriles is 1. The molecular weight excluding hydrogens is 246 g/mol. The summed E-state index contributed by atoms with van der Waals surface area (Å²) in [4.78, 5) is 4.65. The monoisotopic (exact) mass is 257 g/mol. The summed E-state index contributed by atoms with van der Waals surface area (Å²) in [6.45, 7) is 0. The van der Waals surface area contributed by atoms with E-state index in [0.29, 0.717) is 16.3 Å². The van der Waals surface area contributed by atoms with Crippen LogP contribution in [0.25, 0.3) is 0 Å². The third-order valence-electron chi connectivity index (χ3n) is 2.33. The maximum Gasteiger partial charge on any atom is 0.161 e. The van der Waals surface area contributed by atoms with E-state index >= 15 is 0 Å². The van der Waals surface area contributed by atoms with E-state index < -0.39 is 9.73 Å². The topological polar surface area (TPSA) is 66.1 Å². The summed E-state index contributed by atoms with van der Waals surface area (Å²) in [6.07, 6.45) is 2.99. The molecule has 0 fully saturated rings. The van der Waals surface area contributed by atoms with E-state index in [0.717, 1.165) is 0 Å². The van der Waals surface area contributed by atoms with Crippen molar-refractivity contribution in [3.8, 4) is 6.07 Å². The molecule has 0 spiro atoms. The van der Waals surface area contributed by atoms with Crippen molar-refractivity contribution in [3.63, 3.8) is 0 Å². The van der Waals surface area contributed by atoms with E-state index in [1.165, 1.54) is 6.20 Å². The van der Waals surface area contributed by atoms with Crippen molar-refractivity contribution >= 4 is 15.5 Å². The van der Waals surface area contributed by atoms with Crippen LogP contribution in [0.3, 0.4) is 0 Å². The average Bonchev–Trinajstić information content (AvgIpc) is 2.40. The van der Waals surface area contributed by atoms with Gasteiger partial charge in [0.15, 0.2) is 5.82 Å². The van der Waals surface area contributed by atoms with Crippen LogP contribution in [0.15, 0.2) is 57.9 Å². The summed E-state index contributed by atoms with van der Waals surface area (Å²) < 4.78 is 16.6.